The molecule has 0 aromatic carbocycles. The minimum Gasteiger partial charge on any atom is -0.468 e. The van der Waals surface area contributed by atoms with Crippen LogP contribution in [0, 0.1) is 0 Å². The van der Waals surface area contributed by atoms with Gasteiger partial charge in [-0.25, -0.2) is 10.2 Å². The van der Waals surface area contributed by atoms with Gasteiger partial charge in [-0.05, 0) is 6.08 Å². The van der Waals surface area contributed by atoms with E-state index in [1.165, 1.54) is 25.2 Å². The van der Waals surface area contributed by atoms with Crippen LogP contribution < -0.4 is 11.0 Å². The highest BCUT2D eigenvalue weighted by Crippen LogP contribution is 2.35. The molecule has 2 heterocycles. The van der Waals surface area contributed by atoms with Gasteiger partial charge >= 0.3 is 12.1 Å². The zero-order chi connectivity index (χ0) is 15.8. The topological polar surface area (TPSA) is 74.4 Å². The molecule has 0 radical (unpaired) electrons. The smallest absolute Gasteiger partial charge is 0.417 e. The number of aromatic nitrogens is 1. The molecule has 2 rings (SSSR count). The van der Waals surface area contributed by atoms with Gasteiger partial charge in [0.1, 0.15) is 6.04 Å². The number of ether oxygens (including phenoxy) is 1. The van der Waals surface area contributed by atoms with E-state index in [1.807, 2.05) is 0 Å². The lowest BCUT2D eigenvalue weighted by Gasteiger charge is -2.20. The second-order valence-corrected chi connectivity index (χ2v) is 4.36. The molecule has 1 aromatic rings. The first kappa shape index (κ1) is 15.1. The van der Waals surface area contributed by atoms with Crippen molar-refractivity contribution in [2.24, 2.45) is 0 Å². The average Bonchev–Trinajstić information content (AvgIpc) is 2.79. The summed E-state index contributed by atoms with van der Waals surface area (Å²) in [6, 6.07) is -0.404. The Balaban J connectivity index is 2.52. The van der Waals surface area contributed by atoms with E-state index in [0.29, 0.717) is 6.07 Å². The molecule has 21 heavy (non-hydrogen) atoms. The van der Waals surface area contributed by atoms with Crippen LogP contribution >= 0.6 is 0 Å². The van der Waals surface area contributed by atoms with E-state index < -0.39 is 29.3 Å². The number of carbonyl (C=O) groups excluding carboxylic acids is 1. The Morgan fingerprint density at radius 2 is 2.10 bits per heavy atom. The molecular weight excluding hydrogens is 291 g/mol. The lowest BCUT2D eigenvalue weighted by molar-refractivity contribution is -0.142. The van der Waals surface area contributed by atoms with Crippen LogP contribution in [0.2, 0.25) is 0 Å². The van der Waals surface area contributed by atoms with E-state index in [-0.39, 0.29) is 11.3 Å². The minimum atomic E-state index is -4.69. The fraction of sp³-hybridized carbons (Fsp3) is 0.333. The van der Waals surface area contributed by atoms with Gasteiger partial charge in [-0.2, -0.15) is 13.2 Å². The molecule has 1 aromatic heterocycles. The third-order valence-electron chi connectivity index (χ3n) is 2.98. The van der Waals surface area contributed by atoms with E-state index in [1.54, 1.807) is 0 Å². The molecule has 0 fully saturated rings. The molecule has 0 amide bonds. The van der Waals surface area contributed by atoms with Gasteiger partial charge in [-0.15, -0.1) is 0 Å². The van der Waals surface area contributed by atoms with Crippen LogP contribution in [0.4, 0.5) is 13.2 Å². The van der Waals surface area contributed by atoms with Gasteiger partial charge in [0.2, 0.25) is 5.56 Å². The Labute approximate surface area is 117 Å². The van der Waals surface area contributed by atoms with Gasteiger partial charge in [0, 0.05) is 24.9 Å². The summed E-state index contributed by atoms with van der Waals surface area (Å²) in [5.74, 6) is -0.630. The summed E-state index contributed by atoms with van der Waals surface area (Å²) in [5.41, 5.74) is 0.611. The normalized spacial score (nSPS) is 18.6. The number of aromatic amines is 1. The second kappa shape index (κ2) is 5.24. The maximum absolute atomic E-state index is 13.0. The first-order valence-electron chi connectivity index (χ1n) is 5.84. The molecule has 0 bridgehead atoms. The number of nitrogens with zero attached hydrogens (tertiary/aromatic N) is 1. The summed E-state index contributed by atoms with van der Waals surface area (Å²) in [6.07, 6.45) is -2.42. The third-order valence-corrected chi connectivity index (χ3v) is 2.98. The van der Waals surface area contributed by atoms with Crippen LogP contribution in [0.3, 0.4) is 0 Å². The van der Waals surface area contributed by atoms with Crippen molar-refractivity contribution in [1.82, 2.24) is 15.4 Å². The van der Waals surface area contributed by atoms with E-state index in [4.69, 9.17) is 0 Å². The first-order valence-corrected chi connectivity index (χ1v) is 5.84. The number of nitrogens with one attached hydrogen (secondary N) is 2. The lowest BCUT2D eigenvalue weighted by atomic mass is 10.1. The number of hydrogen-bond donors (Lipinski definition) is 2. The van der Waals surface area contributed by atoms with Gasteiger partial charge in [0.15, 0.2) is 0 Å². The molecule has 6 nitrogen and oxygen atoms in total. The molecule has 9 heteroatoms. The van der Waals surface area contributed by atoms with Gasteiger partial charge in [-0.3, -0.25) is 4.79 Å². The molecule has 0 aliphatic carbocycles. The lowest BCUT2D eigenvalue weighted by Crippen LogP contribution is -2.39. The van der Waals surface area contributed by atoms with Crippen LogP contribution in [0.25, 0.3) is 5.70 Å². The Morgan fingerprint density at radius 3 is 2.67 bits per heavy atom. The summed E-state index contributed by atoms with van der Waals surface area (Å²) in [6.45, 7) is 0. The summed E-state index contributed by atoms with van der Waals surface area (Å²) in [7, 11) is 2.64. The van der Waals surface area contributed by atoms with Gasteiger partial charge in [-0.1, -0.05) is 0 Å². The largest absolute Gasteiger partial charge is 0.468 e. The molecular formula is C12H12F3N3O3. The number of H-pyrrole nitrogens is 1. The second-order valence-electron chi connectivity index (χ2n) is 4.36. The van der Waals surface area contributed by atoms with E-state index in [0.717, 1.165) is 6.20 Å². The van der Waals surface area contributed by atoms with Gasteiger partial charge in [0.05, 0.1) is 18.4 Å². The summed E-state index contributed by atoms with van der Waals surface area (Å²) < 4.78 is 43.6. The molecule has 114 valence electrons. The Bertz CT molecular complexity index is 651. The fourth-order valence-electron chi connectivity index (χ4n) is 2.02. The number of methoxy groups -OCH3 is 1. The molecule has 1 aliphatic heterocycles. The van der Waals surface area contributed by atoms with E-state index in [2.05, 4.69) is 15.1 Å². The van der Waals surface area contributed by atoms with Crippen LogP contribution in [0.5, 0.6) is 0 Å². The molecule has 0 saturated carbocycles. The maximum atomic E-state index is 13.0. The van der Waals surface area contributed by atoms with Crippen molar-refractivity contribution in [2.75, 3.05) is 14.2 Å². The Morgan fingerprint density at radius 1 is 1.43 bits per heavy atom. The number of rotatable bonds is 2. The number of pyridine rings is 1. The van der Waals surface area contributed by atoms with Crippen molar-refractivity contribution in [3.63, 3.8) is 0 Å². The summed E-state index contributed by atoms with van der Waals surface area (Å²) >= 11 is 0. The average molecular weight is 303 g/mol. The van der Waals surface area contributed by atoms with Crippen LogP contribution in [0.1, 0.15) is 11.1 Å². The molecule has 1 aliphatic rings. The Kier molecular flexibility index (Phi) is 3.77. The summed E-state index contributed by atoms with van der Waals surface area (Å²) in [4.78, 5) is 24.8. The quantitative estimate of drug-likeness (QED) is 0.788. The molecule has 0 spiro atoms. The number of esters is 1. The number of alkyl halides is 3. The highest BCUT2D eigenvalue weighted by Gasteiger charge is 2.37. The van der Waals surface area contributed by atoms with Crippen molar-refractivity contribution in [1.29, 1.82) is 0 Å². The van der Waals surface area contributed by atoms with Crippen LogP contribution in [0.15, 0.2) is 23.1 Å². The van der Waals surface area contributed by atoms with E-state index >= 15 is 0 Å². The molecule has 1 atom stereocenters. The van der Waals surface area contributed by atoms with Crippen molar-refractivity contribution in [3.05, 3.63) is 39.8 Å². The monoisotopic (exact) mass is 303 g/mol. The first-order chi connectivity index (χ1) is 9.74. The van der Waals surface area contributed by atoms with Crippen molar-refractivity contribution in [3.8, 4) is 0 Å². The number of carbonyl (C=O) groups is 1. The van der Waals surface area contributed by atoms with Crippen molar-refractivity contribution >= 4 is 11.7 Å². The summed E-state index contributed by atoms with van der Waals surface area (Å²) in [5, 5.41) is 1.27. The zero-order valence-corrected chi connectivity index (χ0v) is 11.1. The predicted octanol–water partition coefficient (Wildman–Crippen LogP) is 0.726. The SMILES string of the molecule is COC(=O)C1C=C(c2c[nH]c(=O)cc2C(F)(F)F)N(C)N1. The van der Waals surface area contributed by atoms with Gasteiger partial charge < -0.3 is 14.7 Å². The van der Waals surface area contributed by atoms with Crippen LogP contribution in [-0.2, 0) is 15.7 Å². The number of hydrazine groups is 1. The highest BCUT2D eigenvalue weighted by molar-refractivity contribution is 5.83. The molecule has 1 unspecified atom stereocenters. The minimum absolute atomic E-state index is 0.119. The van der Waals surface area contributed by atoms with E-state index in [9.17, 15) is 22.8 Å². The van der Waals surface area contributed by atoms with Crippen molar-refractivity contribution in [2.45, 2.75) is 12.2 Å². The van der Waals surface area contributed by atoms with Crippen molar-refractivity contribution < 1.29 is 22.7 Å². The number of halogens is 3. The highest BCUT2D eigenvalue weighted by atomic mass is 19.4. The molecule has 0 saturated heterocycles. The predicted molar refractivity (Wildman–Crippen MR) is 66.7 cm³/mol. The van der Waals surface area contributed by atoms with Gasteiger partial charge in [0.25, 0.3) is 0 Å². The maximum Gasteiger partial charge on any atom is 0.417 e. The third kappa shape index (κ3) is 2.92. The standard InChI is InChI=1S/C12H12F3N3O3/c1-18-9(4-8(17-18)11(20)21-2)6-5-16-10(19)3-7(6)12(13,14)15/h3-5,8,17H,1-2H3,(H,16,19). The fourth-order valence-corrected chi connectivity index (χ4v) is 2.02. The zero-order valence-electron chi connectivity index (χ0n) is 11.1. The molecule has 2 N–H and O–H groups in total. The Hall–Kier alpha value is -2.29. The number of hydrogen-bond acceptors (Lipinski definition) is 5. The van der Waals surface area contributed by atoms with Crippen LogP contribution in [-0.4, -0.2) is 36.2 Å².